The number of benzene rings is 1. The van der Waals surface area contributed by atoms with E-state index in [1.54, 1.807) is 0 Å². The fourth-order valence-corrected chi connectivity index (χ4v) is 1.96. The monoisotopic (exact) mass is 234 g/mol. The number of halogens is 1. The van der Waals surface area contributed by atoms with Gasteiger partial charge in [-0.15, -0.1) is 0 Å². The van der Waals surface area contributed by atoms with Gasteiger partial charge in [-0.2, -0.15) is 0 Å². The van der Waals surface area contributed by atoms with Crippen LogP contribution in [0.1, 0.15) is 19.4 Å². The molecule has 2 aromatic rings. The molecule has 0 spiro atoms. The largest absolute Gasteiger partial charge is 0.370 e. The average molecular weight is 235 g/mol. The smallest absolute Gasteiger partial charge is 0.129 e. The van der Waals surface area contributed by atoms with E-state index in [9.17, 15) is 0 Å². The molecule has 1 N–H and O–H groups in total. The van der Waals surface area contributed by atoms with Crippen LogP contribution in [0.25, 0.3) is 10.9 Å². The van der Waals surface area contributed by atoms with Gasteiger partial charge in [-0.25, -0.2) is 4.98 Å². The Labute approximate surface area is 101 Å². The van der Waals surface area contributed by atoms with E-state index in [0.717, 1.165) is 34.7 Å². The second-order valence-electron chi connectivity index (χ2n) is 3.72. The van der Waals surface area contributed by atoms with Gasteiger partial charge < -0.3 is 5.32 Å². The summed E-state index contributed by atoms with van der Waals surface area (Å²) < 4.78 is 0. The van der Waals surface area contributed by atoms with E-state index < -0.39 is 0 Å². The van der Waals surface area contributed by atoms with Crippen molar-refractivity contribution in [3.05, 3.63) is 34.9 Å². The van der Waals surface area contributed by atoms with Crippen molar-refractivity contribution in [2.45, 2.75) is 20.3 Å². The Bertz CT molecular complexity index is 509. The minimum Gasteiger partial charge on any atom is -0.370 e. The lowest BCUT2D eigenvalue weighted by molar-refractivity contribution is 1.09. The molecule has 1 heterocycles. The maximum absolute atomic E-state index is 5.97. The number of nitrogens with one attached hydrogen (secondary N) is 1. The van der Waals surface area contributed by atoms with Crippen molar-refractivity contribution in [2.24, 2.45) is 0 Å². The number of hydrogen-bond donors (Lipinski definition) is 1. The van der Waals surface area contributed by atoms with Crippen LogP contribution in [-0.2, 0) is 6.42 Å². The van der Waals surface area contributed by atoms with Crippen LogP contribution < -0.4 is 5.32 Å². The third kappa shape index (κ3) is 2.12. The van der Waals surface area contributed by atoms with E-state index in [1.165, 1.54) is 5.56 Å². The molecule has 0 radical (unpaired) electrons. The van der Waals surface area contributed by atoms with Gasteiger partial charge in [0.2, 0.25) is 0 Å². The zero-order chi connectivity index (χ0) is 11.5. The maximum atomic E-state index is 5.97. The number of fused-ring (bicyclic) bond motifs is 1. The summed E-state index contributed by atoms with van der Waals surface area (Å²) in [5.41, 5.74) is 2.22. The van der Waals surface area contributed by atoms with Gasteiger partial charge in [0.15, 0.2) is 0 Å². The number of aromatic nitrogens is 1. The van der Waals surface area contributed by atoms with Gasteiger partial charge in [0.05, 0.1) is 5.52 Å². The van der Waals surface area contributed by atoms with Crippen molar-refractivity contribution in [3.8, 4) is 0 Å². The summed E-state index contributed by atoms with van der Waals surface area (Å²) in [5.74, 6) is 0.986. The highest BCUT2D eigenvalue weighted by Gasteiger charge is 2.04. The molecule has 0 saturated carbocycles. The van der Waals surface area contributed by atoms with E-state index in [4.69, 9.17) is 11.6 Å². The summed E-state index contributed by atoms with van der Waals surface area (Å²) >= 11 is 5.97. The number of aryl methyl sites for hydroxylation is 1. The summed E-state index contributed by atoms with van der Waals surface area (Å²) in [5, 5.41) is 5.15. The van der Waals surface area contributed by atoms with Crippen LogP contribution in [0.15, 0.2) is 24.3 Å². The van der Waals surface area contributed by atoms with Crippen molar-refractivity contribution in [3.63, 3.8) is 0 Å². The van der Waals surface area contributed by atoms with Crippen molar-refractivity contribution in [1.82, 2.24) is 4.98 Å². The zero-order valence-corrected chi connectivity index (χ0v) is 10.3. The Morgan fingerprint density at radius 1 is 1.25 bits per heavy atom. The fourth-order valence-electron chi connectivity index (χ4n) is 1.78. The van der Waals surface area contributed by atoms with Gasteiger partial charge in [0.25, 0.3) is 0 Å². The van der Waals surface area contributed by atoms with Gasteiger partial charge in [-0.1, -0.05) is 18.5 Å². The van der Waals surface area contributed by atoms with Crippen molar-refractivity contribution in [1.29, 1.82) is 0 Å². The van der Waals surface area contributed by atoms with Gasteiger partial charge in [-0.05, 0) is 43.2 Å². The molecule has 0 fully saturated rings. The summed E-state index contributed by atoms with van der Waals surface area (Å²) in [6.45, 7) is 5.10. The molecular weight excluding hydrogens is 220 g/mol. The molecule has 16 heavy (non-hydrogen) atoms. The van der Waals surface area contributed by atoms with E-state index in [0.29, 0.717) is 0 Å². The molecule has 1 aromatic heterocycles. The van der Waals surface area contributed by atoms with Crippen molar-refractivity contribution in [2.75, 3.05) is 11.9 Å². The SMILES string of the molecule is CCNc1nc2ccc(Cl)cc2cc1CC. The predicted octanol–water partition coefficient (Wildman–Crippen LogP) is 3.88. The molecule has 2 nitrogen and oxygen atoms in total. The van der Waals surface area contributed by atoms with E-state index >= 15 is 0 Å². The quantitative estimate of drug-likeness (QED) is 0.872. The molecule has 0 aliphatic rings. The minimum absolute atomic E-state index is 0.757. The first-order valence-electron chi connectivity index (χ1n) is 5.57. The van der Waals surface area contributed by atoms with E-state index in [-0.39, 0.29) is 0 Å². The molecule has 1 aromatic carbocycles. The Balaban J connectivity index is 2.60. The Morgan fingerprint density at radius 3 is 2.75 bits per heavy atom. The minimum atomic E-state index is 0.757. The third-order valence-corrected chi connectivity index (χ3v) is 2.82. The summed E-state index contributed by atoms with van der Waals surface area (Å²) in [7, 11) is 0. The Hall–Kier alpha value is -1.28. The highest BCUT2D eigenvalue weighted by molar-refractivity contribution is 6.31. The molecule has 0 aliphatic heterocycles. The zero-order valence-electron chi connectivity index (χ0n) is 9.55. The highest BCUT2D eigenvalue weighted by atomic mass is 35.5. The number of rotatable bonds is 3. The molecule has 84 valence electrons. The molecule has 0 bridgehead atoms. The maximum Gasteiger partial charge on any atom is 0.129 e. The molecule has 0 atom stereocenters. The number of anilines is 1. The van der Waals surface area contributed by atoms with Gasteiger partial charge in [-0.3, -0.25) is 0 Å². The molecule has 0 unspecified atom stereocenters. The lowest BCUT2D eigenvalue weighted by Gasteiger charge is -2.10. The van der Waals surface area contributed by atoms with Crippen molar-refractivity contribution >= 4 is 28.3 Å². The van der Waals surface area contributed by atoms with Gasteiger partial charge in [0.1, 0.15) is 5.82 Å². The topological polar surface area (TPSA) is 24.9 Å². The number of hydrogen-bond acceptors (Lipinski definition) is 2. The van der Waals surface area contributed by atoms with E-state index in [2.05, 4.69) is 30.2 Å². The van der Waals surface area contributed by atoms with Crippen molar-refractivity contribution < 1.29 is 0 Å². The second-order valence-corrected chi connectivity index (χ2v) is 4.15. The average Bonchev–Trinajstić information content (AvgIpc) is 2.29. The Morgan fingerprint density at radius 2 is 2.06 bits per heavy atom. The highest BCUT2D eigenvalue weighted by Crippen LogP contribution is 2.23. The fraction of sp³-hybridized carbons (Fsp3) is 0.308. The Kier molecular flexibility index (Phi) is 3.30. The predicted molar refractivity (Wildman–Crippen MR) is 70.3 cm³/mol. The molecule has 0 saturated heterocycles. The van der Waals surface area contributed by atoms with Crippen LogP contribution in [0.5, 0.6) is 0 Å². The number of nitrogens with zero attached hydrogens (tertiary/aromatic N) is 1. The second kappa shape index (κ2) is 4.71. The molecular formula is C13H15ClN2. The van der Waals surface area contributed by atoms with Crippen LogP contribution in [0.4, 0.5) is 5.82 Å². The van der Waals surface area contributed by atoms with Gasteiger partial charge in [0, 0.05) is 17.0 Å². The first kappa shape index (κ1) is 11.2. The third-order valence-electron chi connectivity index (χ3n) is 2.58. The standard InChI is InChI=1S/C13H15ClN2/c1-3-9-7-10-8-11(14)5-6-12(10)16-13(9)15-4-2/h5-8H,3-4H2,1-2H3,(H,15,16). The first-order valence-corrected chi connectivity index (χ1v) is 5.95. The molecule has 3 heteroatoms. The van der Waals surface area contributed by atoms with Gasteiger partial charge >= 0.3 is 0 Å². The first-order chi connectivity index (χ1) is 7.74. The van der Waals surface area contributed by atoms with E-state index in [1.807, 2.05) is 18.2 Å². The van der Waals surface area contributed by atoms with Crippen LogP contribution in [-0.4, -0.2) is 11.5 Å². The van der Waals surface area contributed by atoms with Crippen LogP contribution in [0.2, 0.25) is 5.02 Å². The molecule has 0 aliphatic carbocycles. The van der Waals surface area contributed by atoms with Crippen LogP contribution >= 0.6 is 11.6 Å². The molecule has 2 rings (SSSR count). The number of pyridine rings is 1. The van der Waals surface area contributed by atoms with Crippen LogP contribution in [0.3, 0.4) is 0 Å². The summed E-state index contributed by atoms with van der Waals surface area (Å²) in [6.07, 6.45) is 0.970. The summed E-state index contributed by atoms with van der Waals surface area (Å²) in [6, 6.07) is 7.95. The normalized spacial score (nSPS) is 10.7. The van der Waals surface area contributed by atoms with Crippen LogP contribution in [0, 0.1) is 0 Å². The lowest BCUT2D eigenvalue weighted by Crippen LogP contribution is -2.03. The lowest BCUT2D eigenvalue weighted by atomic mass is 10.1. The molecule has 0 amide bonds. The summed E-state index contributed by atoms with van der Waals surface area (Å²) in [4.78, 5) is 4.61.